The molecule has 2 aromatic carbocycles. The van der Waals surface area contributed by atoms with E-state index in [0.29, 0.717) is 5.92 Å². The number of hydrogen-bond acceptors (Lipinski definition) is 4. The first kappa shape index (κ1) is 19.5. The SMILES string of the molecule is CCC(C)c1ccc(NC(=O)CNc2cccc(-c3ccnc(C)n3)c2)cc1. The maximum atomic E-state index is 12.3. The molecule has 0 radical (unpaired) electrons. The number of aryl methyl sites for hydroxylation is 1. The van der Waals surface area contributed by atoms with Crippen molar-refractivity contribution >= 4 is 17.3 Å². The maximum absolute atomic E-state index is 12.3. The van der Waals surface area contributed by atoms with E-state index in [1.807, 2.05) is 49.4 Å². The second-order valence-electron chi connectivity index (χ2n) is 6.90. The molecule has 0 bridgehead atoms. The van der Waals surface area contributed by atoms with Gasteiger partial charge in [-0.1, -0.05) is 38.1 Å². The summed E-state index contributed by atoms with van der Waals surface area (Å²) < 4.78 is 0. The molecule has 28 heavy (non-hydrogen) atoms. The molecule has 1 unspecified atom stereocenters. The second kappa shape index (κ2) is 9.13. The van der Waals surface area contributed by atoms with Gasteiger partial charge in [0.15, 0.2) is 0 Å². The van der Waals surface area contributed by atoms with Crippen LogP contribution in [-0.2, 0) is 4.79 Å². The first-order valence-electron chi connectivity index (χ1n) is 9.59. The van der Waals surface area contributed by atoms with E-state index in [0.717, 1.165) is 34.9 Å². The summed E-state index contributed by atoms with van der Waals surface area (Å²) in [6, 6.07) is 17.8. The van der Waals surface area contributed by atoms with Crippen LogP contribution in [0.2, 0.25) is 0 Å². The van der Waals surface area contributed by atoms with Gasteiger partial charge >= 0.3 is 0 Å². The zero-order valence-corrected chi connectivity index (χ0v) is 16.6. The Labute approximate surface area is 166 Å². The molecule has 0 saturated carbocycles. The highest BCUT2D eigenvalue weighted by atomic mass is 16.1. The third-order valence-corrected chi connectivity index (χ3v) is 4.76. The summed E-state index contributed by atoms with van der Waals surface area (Å²) in [6.07, 6.45) is 2.85. The summed E-state index contributed by atoms with van der Waals surface area (Å²) in [5.41, 5.74) is 4.81. The average molecular weight is 374 g/mol. The Kier molecular flexibility index (Phi) is 6.37. The number of hydrogen-bond donors (Lipinski definition) is 2. The van der Waals surface area contributed by atoms with E-state index >= 15 is 0 Å². The van der Waals surface area contributed by atoms with Gasteiger partial charge in [-0.15, -0.1) is 0 Å². The fourth-order valence-corrected chi connectivity index (χ4v) is 2.92. The number of carbonyl (C=O) groups is 1. The van der Waals surface area contributed by atoms with E-state index < -0.39 is 0 Å². The molecular formula is C23H26N4O. The molecule has 1 aromatic heterocycles. The Morgan fingerprint density at radius 3 is 2.57 bits per heavy atom. The number of benzene rings is 2. The van der Waals surface area contributed by atoms with Crippen LogP contribution in [0, 0.1) is 6.92 Å². The highest BCUT2D eigenvalue weighted by molar-refractivity contribution is 5.93. The van der Waals surface area contributed by atoms with Gasteiger partial charge in [-0.2, -0.15) is 0 Å². The molecule has 5 heteroatoms. The topological polar surface area (TPSA) is 66.9 Å². The largest absolute Gasteiger partial charge is 0.376 e. The van der Waals surface area contributed by atoms with E-state index in [1.54, 1.807) is 6.20 Å². The summed E-state index contributed by atoms with van der Waals surface area (Å²) in [5, 5.41) is 6.10. The summed E-state index contributed by atoms with van der Waals surface area (Å²) in [4.78, 5) is 20.8. The average Bonchev–Trinajstić information content (AvgIpc) is 2.72. The fourth-order valence-electron chi connectivity index (χ4n) is 2.92. The van der Waals surface area contributed by atoms with Crippen LogP contribution in [0.4, 0.5) is 11.4 Å². The van der Waals surface area contributed by atoms with Gasteiger partial charge in [-0.3, -0.25) is 4.79 Å². The van der Waals surface area contributed by atoms with Crippen molar-refractivity contribution in [2.45, 2.75) is 33.1 Å². The molecule has 3 rings (SSSR count). The molecule has 0 aliphatic heterocycles. The van der Waals surface area contributed by atoms with E-state index in [2.05, 4.69) is 46.6 Å². The molecule has 1 heterocycles. The van der Waals surface area contributed by atoms with Crippen LogP contribution in [-0.4, -0.2) is 22.4 Å². The minimum absolute atomic E-state index is 0.0837. The van der Waals surface area contributed by atoms with Crippen molar-refractivity contribution < 1.29 is 4.79 Å². The third-order valence-electron chi connectivity index (χ3n) is 4.76. The Hall–Kier alpha value is -3.21. The van der Waals surface area contributed by atoms with Crippen molar-refractivity contribution in [1.82, 2.24) is 9.97 Å². The summed E-state index contributed by atoms with van der Waals surface area (Å²) in [7, 11) is 0. The molecule has 0 spiro atoms. The first-order chi connectivity index (χ1) is 13.5. The van der Waals surface area contributed by atoms with Crippen LogP contribution in [0.15, 0.2) is 60.8 Å². The minimum atomic E-state index is -0.0837. The zero-order chi connectivity index (χ0) is 19.9. The van der Waals surface area contributed by atoms with Gasteiger partial charge in [0.25, 0.3) is 0 Å². The predicted octanol–water partition coefficient (Wildman–Crippen LogP) is 5.02. The lowest BCUT2D eigenvalue weighted by molar-refractivity contribution is -0.114. The van der Waals surface area contributed by atoms with E-state index in [-0.39, 0.29) is 12.5 Å². The van der Waals surface area contributed by atoms with Crippen LogP contribution in [0.25, 0.3) is 11.3 Å². The first-order valence-corrected chi connectivity index (χ1v) is 9.59. The number of anilines is 2. The maximum Gasteiger partial charge on any atom is 0.243 e. The van der Waals surface area contributed by atoms with Crippen LogP contribution in [0.3, 0.4) is 0 Å². The summed E-state index contributed by atoms with van der Waals surface area (Å²) in [5.74, 6) is 1.17. The quantitative estimate of drug-likeness (QED) is 0.610. The lowest BCUT2D eigenvalue weighted by atomic mass is 9.99. The van der Waals surface area contributed by atoms with Crippen LogP contribution < -0.4 is 10.6 Å². The molecule has 1 amide bonds. The van der Waals surface area contributed by atoms with Crippen molar-refractivity contribution in [3.63, 3.8) is 0 Å². The molecular weight excluding hydrogens is 348 g/mol. The normalized spacial score (nSPS) is 11.7. The second-order valence-corrected chi connectivity index (χ2v) is 6.90. The van der Waals surface area contributed by atoms with Crippen molar-refractivity contribution in [3.05, 3.63) is 72.2 Å². The number of carbonyl (C=O) groups excluding carboxylic acids is 1. The van der Waals surface area contributed by atoms with Crippen LogP contribution in [0.1, 0.15) is 37.6 Å². The van der Waals surface area contributed by atoms with Gasteiger partial charge < -0.3 is 10.6 Å². The highest BCUT2D eigenvalue weighted by Gasteiger charge is 2.06. The lowest BCUT2D eigenvalue weighted by Crippen LogP contribution is -2.21. The van der Waals surface area contributed by atoms with Gasteiger partial charge in [0.1, 0.15) is 5.82 Å². The van der Waals surface area contributed by atoms with Crippen molar-refractivity contribution in [2.24, 2.45) is 0 Å². The smallest absolute Gasteiger partial charge is 0.243 e. The number of amides is 1. The Morgan fingerprint density at radius 1 is 1.07 bits per heavy atom. The summed E-state index contributed by atoms with van der Waals surface area (Å²) in [6.45, 7) is 6.44. The lowest BCUT2D eigenvalue weighted by Gasteiger charge is -2.11. The van der Waals surface area contributed by atoms with Gasteiger partial charge in [0.2, 0.25) is 5.91 Å². The van der Waals surface area contributed by atoms with Gasteiger partial charge in [-0.05, 0) is 55.2 Å². The van der Waals surface area contributed by atoms with Gasteiger partial charge in [-0.25, -0.2) is 9.97 Å². The number of rotatable bonds is 7. The molecule has 0 aliphatic rings. The summed E-state index contributed by atoms with van der Waals surface area (Å²) >= 11 is 0. The highest BCUT2D eigenvalue weighted by Crippen LogP contribution is 2.21. The standard InChI is InChI=1S/C23H26N4O/c1-4-16(2)18-8-10-20(11-9-18)27-23(28)15-25-21-7-5-6-19(14-21)22-12-13-24-17(3)26-22/h5-14,16,25H,4,15H2,1-3H3,(H,27,28). The molecule has 0 fully saturated rings. The van der Waals surface area contributed by atoms with Crippen molar-refractivity contribution in [1.29, 1.82) is 0 Å². The molecule has 0 aliphatic carbocycles. The number of nitrogens with one attached hydrogen (secondary N) is 2. The molecule has 0 saturated heterocycles. The van der Waals surface area contributed by atoms with Crippen molar-refractivity contribution in [3.8, 4) is 11.3 Å². The van der Waals surface area contributed by atoms with Crippen LogP contribution >= 0.6 is 0 Å². The number of nitrogens with zero attached hydrogens (tertiary/aromatic N) is 2. The predicted molar refractivity (Wildman–Crippen MR) is 114 cm³/mol. The molecule has 144 valence electrons. The Bertz CT molecular complexity index is 937. The Balaban J connectivity index is 1.58. The van der Waals surface area contributed by atoms with Gasteiger partial charge in [0, 0.05) is 23.1 Å². The van der Waals surface area contributed by atoms with Gasteiger partial charge in [0.05, 0.1) is 12.2 Å². The van der Waals surface area contributed by atoms with Crippen molar-refractivity contribution in [2.75, 3.05) is 17.2 Å². The minimum Gasteiger partial charge on any atom is -0.376 e. The van der Waals surface area contributed by atoms with E-state index in [1.165, 1.54) is 5.56 Å². The Morgan fingerprint density at radius 2 is 1.86 bits per heavy atom. The molecule has 5 nitrogen and oxygen atoms in total. The third kappa shape index (κ3) is 5.16. The number of aromatic nitrogens is 2. The molecule has 1 atom stereocenters. The monoisotopic (exact) mass is 374 g/mol. The van der Waals surface area contributed by atoms with Crippen LogP contribution in [0.5, 0.6) is 0 Å². The molecule has 2 N–H and O–H groups in total. The molecule has 3 aromatic rings. The van der Waals surface area contributed by atoms with E-state index in [4.69, 9.17) is 0 Å². The fraction of sp³-hybridized carbons (Fsp3) is 0.261. The zero-order valence-electron chi connectivity index (χ0n) is 16.6. The van der Waals surface area contributed by atoms with E-state index in [9.17, 15) is 4.79 Å².